The number of amides is 2. The maximum absolute atomic E-state index is 11.5. The summed E-state index contributed by atoms with van der Waals surface area (Å²) < 4.78 is 11.1. The summed E-state index contributed by atoms with van der Waals surface area (Å²) in [7, 11) is -0.849. The van der Waals surface area contributed by atoms with Gasteiger partial charge in [-0.25, -0.2) is 4.79 Å². The van der Waals surface area contributed by atoms with E-state index in [1.165, 1.54) is 0 Å². The summed E-state index contributed by atoms with van der Waals surface area (Å²) in [5, 5.41) is 5.50. The molecule has 2 N–H and O–H groups in total. The normalized spacial score (nSPS) is 15.8. The van der Waals surface area contributed by atoms with Gasteiger partial charge in [-0.05, 0) is 12.3 Å². The molecule has 0 fully saturated rings. The van der Waals surface area contributed by atoms with E-state index in [0.717, 1.165) is 0 Å². The Morgan fingerprint density at radius 2 is 2.00 bits per heavy atom. The van der Waals surface area contributed by atoms with Crippen LogP contribution >= 0.6 is 0 Å². The highest BCUT2D eigenvalue weighted by atomic mass is 32.2. The quantitative estimate of drug-likeness (QED) is 0.701. The molecule has 0 aromatic rings. The second-order valence-corrected chi connectivity index (χ2v) is 6.19. The van der Waals surface area contributed by atoms with E-state index in [0.29, 0.717) is 13.0 Å². The van der Waals surface area contributed by atoms with Crippen LogP contribution in [0.1, 0.15) is 27.2 Å². The Labute approximate surface area is 106 Å². The van der Waals surface area contributed by atoms with Crippen molar-refractivity contribution >= 4 is 16.8 Å². The van der Waals surface area contributed by atoms with Crippen molar-refractivity contribution in [1.82, 2.24) is 10.6 Å². The molecule has 0 spiro atoms. The number of carbonyl (C=O) groups is 1. The van der Waals surface area contributed by atoms with Gasteiger partial charge >= 0.3 is 6.03 Å². The lowest BCUT2D eigenvalue weighted by Crippen LogP contribution is -2.44. The first-order valence-electron chi connectivity index (χ1n) is 5.71. The van der Waals surface area contributed by atoms with Crippen LogP contribution in [-0.4, -0.2) is 34.3 Å². The number of urea groups is 1. The highest BCUT2D eigenvalue weighted by Crippen LogP contribution is 2.00. The Bertz CT molecular complexity index is 310. The summed E-state index contributed by atoms with van der Waals surface area (Å²) in [6.45, 7) is 6.30. The molecule has 3 unspecified atom stereocenters. The van der Waals surface area contributed by atoms with Crippen molar-refractivity contribution in [3.8, 4) is 12.3 Å². The van der Waals surface area contributed by atoms with Crippen LogP contribution in [0.3, 0.4) is 0 Å². The summed E-state index contributed by atoms with van der Waals surface area (Å²) in [6.07, 6.45) is 7.66. The van der Waals surface area contributed by atoms with Gasteiger partial charge in [-0.2, -0.15) is 0 Å². The van der Waals surface area contributed by atoms with Crippen molar-refractivity contribution < 1.29 is 9.00 Å². The molecule has 0 aliphatic carbocycles. The first kappa shape index (κ1) is 16.0. The molecular formula is C12H22N2O2S. The van der Waals surface area contributed by atoms with Crippen LogP contribution in [0.25, 0.3) is 0 Å². The molecule has 3 atom stereocenters. The Balaban J connectivity index is 3.88. The van der Waals surface area contributed by atoms with Gasteiger partial charge in [0, 0.05) is 28.9 Å². The fourth-order valence-corrected chi connectivity index (χ4v) is 1.60. The van der Waals surface area contributed by atoms with Gasteiger partial charge in [-0.15, -0.1) is 6.42 Å². The molecule has 0 saturated heterocycles. The highest BCUT2D eigenvalue weighted by Gasteiger charge is 2.13. The fraction of sp³-hybridized carbons (Fsp3) is 0.750. The predicted octanol–water partition coefficient (Wildman–Crippen LogP) is 1.10. The van der Waals surface area contributed by atoms with Crippen LogP contribution in [-0.2, 0) is 10.8 Å². The van der Waals surface area contributed by atoms with Crippen LogP contribution in [0.5, 0.6) is 0 Å². The third-order valence-corrected chi connectivity index (χ3v) is 3.90. The van der Waals surface area contributed by atoms with Crippen LogP contribution < -0.4 is 10.6 Å². The minimum absolute atomic E-state index is 0.0869. The van der Waals surface area contributed by atoms with E-state index in [4.69, 9.17) is 6.42 Å². The fourth-order valence-electron chi connectivity index (χ4n) is 1.15. The number of rotatable bonds is 6. The topological polar surface area (TPSA) is 58.2 Å². The van der Waals surface area contributed by atoms with Crippen molar-refractivity contribution in [2.24, 2.45) is 5.92 Å². The van der Waals surface area contributed by atoms with Gasteiger partial charge in [-0.3, -0.25) is 4.21 Å². The maximum Gasteiger partial charge on any atom is 0.315 e. The Kier molecular flexibility index (Phi) is 7.64. The zero-order chi connectivity index (χ0) is 13.4. The van der Waals surface area contributed by atoms with E-state index in [1.807, 2.05) is 20.8 Å². The third kappa shape index (κ3) is 7.01. The molecule has 0 radical (unpaired) electrons. The summed E-state index contributed by atoms with van der Waals surface area (Å²) in [5.74, 6) is 2.73. The molecule has 0 rings (SSSR count). The van der Waals surface area contributed by atoms with Gasteiger partial charge in [0.2, 0.25) is 0 Å². The van der Waals surface area contributed by atoms with Crippen LogP contribution in [0.15, 0.2) is 0 Å². The molecule has 0 aromatic heterocycles. The summed E-state index contributed by atoms with van der Waals surface area (Å²) >= 11 is 0. The molecule has 0 bridgehead atoms. The van der Waals surface area contributed by atoms with Gasteiger partial charge in [-0.1, -0.05) is 26.7 Å². The molecule has 4 nitrogen and oxygen atoms in total. The van der Waals surface area contributed by atoms with Gasteiger partial charge in [0.05, 0.1) is 6.04 Å². The van der Waals surface area contributed by atoms with Gasteiger partial charge in [0.1, 0.15) is 0 Å². The zero-order valence-corrected chi connectivity index (χ0v) is 11.8. The second kappa shape index (κ2) is 8.13. The van der Waals surface area contributed by atoms with Crippen LogP contribution in [0.4, 0.5) is 4.79 Å². The maximum atomic E-state index is 11.5. The van der Waals surface area contributed by atoms with E-state index >= 15 is 0 Å². The number of hydrogen-bond donors (Lipinski definition) is 2. The molecule has 5 heteroatoms. The molecule has 0 aliphatic rings. The number of carbonyl (C=O) groups excluding carboxylic acids is 1. The Hall–Kier alpha value is -1.02. The summed E-state index contributed by atoms with van der Waals surface area (Å²) in [6, 6.07) is -0.525. The molecule has 0 heterocycles. The molecule has 98 valence electrons. The molecule has 2 amide bonds. The number of terminal acetylenes is 1. The first-order valence-corrected chi connectivity index (χ1v) is 7.33. The third-order valence-electron chi connectivity index (χ3n) is 2.54. The van der Waals surface area contributed by atoms with Crippen LogP contribution in [0.2, 0.25) is 0 Å². The highest BCUT2D eigenvalue weighted by molar-refractivity contribution is 7.84. The largest absolute Gasteiger partial charge is 0.338 e. The van der Waals surface area contributed by atoms with Crippen molar-refractivity contribution in [1.29, 1.82) is 0 Å². The zero-order valence-electron chi connectivity index (χ0n) is 10.9. The molecule has 17 heavy (non-hydrogen) atoms. The minimum atomic E-state index is -0.849. The van der Waals surface area contributed by atoms with Gasteiger partial charge in [0.15, 0.2) is 0 Å². The van der Waals surface area contributed by atoms with E-state index in [1.54, 1.807) is 6.26 Å². The van der Waals surface area contributed by atoms with Gasteiger partial charge in [0.25, 0.3) is 0 Å². The lowest BCUT2D eigenvalue weighted by Gasteiger charge is -2.17. The number of nitrogens with one attached hydrogen (secondary N) is 2. The second-order valence-electron chi connectivity index (χ2n) is 4.39. The Morgan fingerprint density at radius 3 is 2.41 bits per heavy atom. The summed E-state index contributed by atoms with van der Waals surface area (Å²) in [4.78, 5) is 11.5. The summed E-state index contributed by atoms with van der Waals surface area (Å²) in [5.41, 5.74) is 0. The average molecular weight is 258 g/mol. The van der Waals surface area contributed by atoms with E-state index in [-0.39, 0.29) is 23.2 Å². The van der Waals surface area contributed by atoms with Crippen molar-refractivity contribution in [2.45, 2.75) is 38.5 Å². The lowest BCUT2D eigenvalue weighted by molar-refractivity contribution is 0.236. The molecular weight excluding hydrogens is 236 g/mol. The Morgan fingerprint density at radius 1 is 1.41 bits per heavy atom. The SMILES string of the molecule is C#CC(NC(=O)NCCC(C)S(C)=O)C(C)C. The molecule has 0 aromatic carbocycles. The molecule has 0 saturated carbocycles. The van der Waals surface area contributed by atoms with Crippen LogP contribution in [0, 0.1) is 18.3 Å². The minimum Gasteiger partial charge on any atom is -0.338 e. The smallest absolute Gasteiger partial charge is 0.315 e. The van der Waals surface area contributed by atoms with E-state index < -0.39 is 10.8 Å². The lowest BCUT2D eigenvalue weighted by atomic mass is 10.1. The standard InChI is InChI=1S/C12H22N2O2S/c1-6-11(9(2)3)14-12(15)13-8-7-10(4)17(5)16/h1,9-11H,7-8H2,2-5H3,(H2,13,14,15). The first-order chi connectivity index (χ1) is 7.88. The van der Waals surface area contributed by atoms with Crippen molar-refractivity contribution in [2.75, 3.05) is 12.8 Å². The monoisotopic (exact) mass is 258 g/mol. The van der Waals surface area contributed by atoms with Crippen molar-refractivity contribution in [3.63, 3.8) is 0 Å². The molecule has 0 aliphatic heterocycles. The van der Waals surface area contributed by atoms with Gasteiger partial charge < -0.3 is 10.6 Å². The van der Waals surface area contributed by atoms with E-state index in [9.17, 15) is 9.00 Å². The van der Waals surface area contributed by atoms with E-state index in [2.05, 4.69) is 16.6 Å². The predicted molar refractivity (Wildman–Crippen MR) is 72.1 cm³/mol. The number of hydrogen-bond acceptors (Lipinski definition) is 2. The average Bonchev–Trinajstić information content (AvgIpc) is 2.25. The van der Waals surface area contributed by atoms with Crippen molar-refractivity contribution in [3.05, 3.63) is 0 Å².